The van der Waals surface area contributed by atoms with Gasteiger partial charge in [0.1, 0.15) is 0 Å². The molecule has 1 aliphatic rings. The molecule has 1 aliphatic carbocycles. The molecule has 0 fully saturated rings. The summed E-state index contributed by atoms with van der Waals surface area (Å²) in [7, 11) is 2.08. The highest BCUT2D eigenvalue weighted by molar-refractivity contribution is 5.53. The van der Waals surface area contributed by atoms with Crippen molar-refractivity contribution in [3.63, 3.8) is 0 Å². The number of allylic oxidation sites excluding steroid dienone is 5. The van der Waals surface area contributed by atoms with Crippen LogP contribution in [-0.4, -0.2) is 4.57 Å². The van der Waals surface area contributed by atoms with E-state index < -0.39 is 0 Å². The topological polar surface area (TPSA) is 4.93 Å². The number of aryl methyl sites for hydroxylation is 1. The largest absolute Gasteiger partial charge is 0.357 e. The summed E-state index contributed by atoms with van der Waals surface area (Å²) < 4.78 is 2.13. The van der Waals surface area contributed by atoms with Crippen molar-refractivity contribution in [2.45, 2.75) is 39.5 Å². The van der Waals surface area contributed by atoms with Crippen LogP contribution in [0.1, 0.15) is 39.7 Å². The molecular weight excluding hydrogens is 230 g/mol. The summed E-state index contributed by atoms with van der Waals surface area (Å²) in [5, 5.41) is 0. The Morgan fingerprint density at radius 1 is 1.26 bits per heavy atom. The average Bonchev–Trinajstić information content (AvgIpc) is 2.82. The molecule has 1 atom stereocenters. The fourth-order valence-corrected chi connectivity index (χ4v) is 3.65. The maximum atomic E-state index is 4.04. The minimum atomic E-state index is 0.0841. The van der Waals surface area contributed by atoms with Crippen LogP contribution < -0.4 is 0 Å². The quantitative estimate of drug-likeness (QED) is 0.733. The molecule has 19 heavy (non-hydrogen) atoms. The highest BCUT2D eigenvalue weighted by Gasteiger charge is 2.45. The number of hydrogen-bond donors (Lipinski definition) is 0. The number of nitrogens with zero attached hydrogens (tertiary/aromatic N) is 1. The Labute approximate surface area is 117 Å². The van der Waals surface area contributed by atoms with E-state index in [-0.39, 0.29) is 10.8 Å². The van der Waals surface area contributed by atoms with Crippen molar-refractivity contribution < 1.29 is 0 Å². The van der Waals surface area contributed by atoms with E-state index in [1.165, 1.54) is 16.7 Å². The normalized spacial score (nSPS) is 26.4. The molecule has 1 nitrogen and oxygen atoms in total. The summed E-state index contributed by atoms with van der Waals surface area (Å²) in [6.45, 7) is 13.1. The number of rotatable bonds is 3. The van der Waals surface area contributed by atoms with Gasteiger partial charge in [-0.05, 0) is 41.5 Å². The van der Waals surface area contributed by atoms with Gasteiger partial charge in [0.25, 0.3) is 0 Å². The Hall–Kier alpha value is -1.50. The van der Waals surface area contributed by atoms with Gasteiger partial charge >= 0.3 is 0 Å². The highest BCUT2D eigenvalue weighted by atomic mass is 14.9. The van der Waals surface area contributed by atoms with E-state index in [2.05, 4.69) is 76.5 Å². The van der Waals surface area contributed by atoms with Gasteiger partial charge in [-0.1, -0.05) is 45.6 Å². The van der Waals surface area contributed by atoms with E-state index >= 15 is 0 Å². The zero-order valence-electron chi connectivity index (χ0n) is 12.8. The average molecular weight is 255 g/mol. The lowest BCUT2D eigenvalue weighted by atomic mass is 9.74. The first-order valence-electron chi connectivity index (χ1n) is 6.98. The van der Waals surface area contributed by atoms with Gasteiger partial charge in [-0.15, -0.1) is 0 Å². The van der Waals surface area contributed by atoms with Crippen LogP contribution in [0.4, 0.5) is 0 Å². The Morgan fingerprint density at radius 3 is 2.42 bits per heavy atom. The summed E-state index contributed by atoms with van der Waals surface area (Å²) in [5.41, 5.74) is 4.47. The molecule has 0 bridgehead atoms. The predicted octanol–water partition coefficient (Wildman–Crippen LogP) is 4.77. The second kappa shape index (κ2) is 4.56. The van der Waals surface area contributed by atoms with E-state index in [9.17, 15) is 0 Å². The van der Waals surface area contributed by atoms with Crippen LogP contribution in [0.15, 0.2) is 54.4 Å². The Bertz CT molecular complexity index is 554. The van der Waals surface area contributed by atoms with Gasteiger partial charge in [0.15, 0.2) is 0 Å². The fraction of sp³-hybridized carbons (Fsp3) is 0.444. The van der Waals surface area contributed by atoms with Crippen LogP contribution in [0.2, 0.25) is 0 Å². The Kier molecular flexibility index (Phi) is 3.34. The maximum absolute atomic E-state index is 4.04. The predicted molar refractivity (Wildman–Crippen MR) is 83.2 cm³/mol. The lowest BCUT2D eigenvalue weighted by Gasteiger charge is -2.29. The van der Waals surface area contributed by atoms with Crippen LogP contribution >= 0.6 is 0 Å². The van der Waals surface area contributed by atoms with Crippen LogP contribution in [0, 0.1) is 5.41 Å². The Balaban J connectivity index is 2.64. The van der Waals surface area contributed by atoms with Gasteiger partial charge in [-0.2, -0.15) is 0 Å². The molecule has 0 radical (unpaired) electrons. The lowest BCUT2D eigenvalue weighted by Crippen LogP contribution is -2.23. The molecular formula is C18H25N. The second-order valence-electron chi connectivity index (χ2n) is 6.49. The molecule has 1 aromatic heterocycles. The number of hydrogen-bond acceptors (Lipinski definition) is 0. The van der Waals surface area contributed by atoms with Crippen molar-refractivity contribution in [2.75, 3.05) is 0 Å². The van der Waals surface area contributed by atoms with Crippen molar-refractivity contribution in [2.24, 2.45) is 12.5 Å². The minimum absolute atomic E-state index is 0.0841. The third kappa shape index (κ3) is 2.11. The smallest absolute Gasteiger partial charge is 0.0200 e. The van der Waals surface area contributed by atoms with Crippen LogP contribution in [0.25, 0.3) is 0 Å². The summed E-state index contributed by atoms with van der Waals surface area (Å²) in [6.07, 6.45) is 12.0. The molecule has 1 heterocycles. The van der Waals surface area contributed by atoms with Crippen LogP contribution in [0.3, 0.4) is 0 Å². The standard InChI is InChI=1S/C18H25N/c1-7-9-16-15(8-2)17(3,4)13-18(16,5)14-10-11-19(6)12-14/h7-12H,2,13H2,1,3-6H3/b9-7-. The second-order valence-corrected chi connectivity index (χ2v) is 6.49. The first-order chi connectivity index (χ1) is 8.85. The lowest BCUT2D eigenvalue weighted by molar-refractivity contribution is 0.373. The van der Waals surface area contributed by atoms with Gasteiger partial charge in [0.05, 0.1) is 0 Å². The summed E-state index contributed by atoms with van der Waals surface area (Å²) in [4.78, 5) is 0. The molecule has 0 amide bonds. The van der Waals surface area contributed by atoms with Gasteiger partial charge in [0.2, 0.25) is 0 Å². The number of aromatic nitrogens is 1. The molecule has 0 saturated carbocycles. The first-order valence-corrected chi connectivity index (χ1v) is 6.98. The van der Waals surface area contributed by atoms with Crippen LogP contribution in [0.5, 0.6) is 0 Å². The van der Waals surface area contributed by atoms with Gasteiger partial charge in [-0.3, -0.25) is 0 Å². The third-order valence-electron chi connectivity index (χ3n) is 4.42. The van der Waals surface area contributed by atoms with Gasteiger partial charge in [0, 0.05) is 24.9 Å². The maximum Gasteiger partial charge on any atom is 0.0200 e. The van der Waals surface area contributed by atoms with Crippen molar-refractivity contribution in [3.8, 4) is 0 Å². The molecule has 0 aromatic carbocycles. The third-order valence-corrected chi connectivity index (χ3v) is 4.42. The fourth-order valence-electron chi connectivity index (χ4n) is 3.65. The zero-order chi connectivity index (χ0) is 14.3. The van der Waals surface area contributed by atoms with Crippen molar-refractivity contribution in [3.05, 3.63) is 60.0 Å². The monoisotopic (exact) mass is 255 g/mol. The molecule has 102 valence electrons. The summed E-state index contributed by atoms with van der Waals surface area (Å²) >= 11 is 0. The van der Waals surface area contributed by atoms with Crippen LogP contribution in [-0.2, 0) is 12.5 Å². The van der Waals surface area contributed by atoms with E-state index in [0.29, 0.717) is 0 Å². The molecule has 1 aromatic rings. The molecule has 0 spiro atoms. The van der Waals surface area contributed by atoms with E-state index in [4.69, 9.17) is 0 Å². The van der Waals surface area contributed by atoms with Gasteiger partial charge in [-0.25, -0.2) is 0 Å². The van der Waals surface area contributed by atoms with Crippen molar-refractivity contribution in [1.82, 2.24) is 4.57 Å². The first kappa shape index (κ1) is 13.9. The SMILES string of the molecule is C=CC1=C(/C=C\C)C(C)(c2ccn(C)c2)CC1(C)C. The van der Waals surface area contributed by atoms with E-state index in [1.54, 1.807) is 0 Å². The molecule has 0 saturated heterocycles. The Morgan fingerprint density at radius 2 is 1.95 bits per heavy atom. The molecule has 0 N–H and O–H groups in total. The summed E-state index contributed by atoms with van der Waals surface area (Å²) in [6, 6.07) is 2.24. The van der Waals surface area contributed by atoms with E-state index in [0.717, 1.165) is 6.42 Å². The minimum Gasteiger partial charge on any atom is -0.357 e. The summed E-state index contributed by atoms with van der Waals surface area (Å²) in [5.74, 6) is 0. The van der Waals surface area contributed by atoms with Gasteiger partial charge < -0.3 is 4.57 Å². The molecule has 0 aliphatic heterocycles. The van der Waals surface area contributed by atoms with E-state index in [1.807, 2.05) is 6.08 Å². The highest BCUT2D eigenvalue weighted by Crippen LogP contribution is 2.54. The van der Waals surface area contributed by atoms with Crippen molar-refractivity contribution in [1.29, 1.82) is 0 Å². The molecule has 2 rings (SSSR count). The van der Waals surface area contributed by atoms with Crippen molar-refractivity contribution >= 4 is 0 Å². The molecule has 1 heteroatoms. The zero-order valence-corrected chi connectivity index (χ0v) is 12.8. The molecule has 1 unspecified atom stereocenters.